The van der Waals surface area contributed by atoms with E-state index < -0.39 is 29.6 Å². The number of hydrazone groups is 1. The van der Waals surface area contributed by atoms with Crippen LogP contribution in [0.1, 0.15) is 38.8 Å². The lowest BCUT2D eigenvalue weighted by atomic mass is 10.0. The smallest absolute Gasteiger partial charge is 0.416 e. The molecule has 0 saturated heterocycles. The van der Waals surface area contributed by atoms with E-state index in [9.17, 15) is 22.8 Å². The average Bonchev–Trinajstić information content (AvgIpc) is 3.65. The third kappa shape index (κ3) is 6.45. The quantitative estimate of drug-likeness (QED) is 0.330. The van der Waals surface area contributed by atoms with Gasteiger partial charge in [0.15, 0.2) is 11.5 Å². The Balaban J connectivity index is 1.62. The van der Waals surface area contributed by atoms with E-state index in [1.54, 1.807) is 12.1 Å². The van der Waals surface area contributed by atoms with Gasteiger partial charge in [0, 0.05) is 25.6 Å². The second kappa shape index (κ2) is 12.5. The van der Waals surface area contributed by atoms with Crippen molar-refractivity contribution < 1.29 is 37.0 Å². The number of hydrogen-bond donors (Lipinski definition) is 0. The fourth-order valence-electron chi connectivity index (χ4n) is 4.33. The zero-order valence-electron chi connectivity index (χ0n) is 22.1. The van der Waals surface area contributed by atoms with Gasteiger partial charge < -0.3 is 19.1 Å². The summed E-state index contributed by atoms with van der Waals surface area (Å²) in [4.78, 5) is 29.1. The summed E-state index contributed by atoms with van der Waals surface area (Å²) >= 11 is 1.50. The zero-order valence-corrected chi connectivity index (χ0v) is 22.9. The lowest BCUT2D eigenvalue weighted by Gasteiger charge is -2.27. The highest BCUT2D eigenvalue weighted by molar-refractivity contribution is 7.12. The van der Waals surface area contributed by atoms with E-state index in [2.05, 4.69) is 5.10 Å². The molecule has 0 radical (unpaired) electrons. The van der Waals surface area contributed by atoms with Crippen LogP contribution in [0.5, 0.6) is 11.5 Å². The number of benzene rings is 2. The van der Waals surface area contributed by atoms with Gasteiger partial charge in [0.1, 0.15) is 6.54 Å². The number of nitrogens with zero attached hydrogens (tertiary/aromatic N) is 3. The molecule has 2 amide bonds. The molecular formula is C28H28F3N3O5S. The largest absolute Gasteiger partial charge is 0.493 e. The molecule has 3 aromatic rings. The molecule has 0 aliphatic carbocycles. The van der Waals surface area contributed by atoms with E-state index in [0.717, 1.165) is 40.4 Å². The van der Waals surface area contributed by atoms with Crippen LogP contribution >= 0.6 is 11.3 Å². The van der Waals surface area contributed by atoms with E-state index in [1.807, 2.05) is 23.6 Å². The van der Waals surface area contributed by atoms with Crippen LogP contribution in [0, 0.1) is 0 Å². The van der Waals surface area contributed by atoms with Gasteiger partial charge in [-0.3, -0.25) is 9.59 Å². The molecule has 8 nitrogen and oxygen atoms in total. The van der Waals surface area contributed by atoms with Crippen molar-refractivity contribution >= 4 is 28.9 Å². The number of halogens is 3. The van der Waals surface area contributed by atoms with E-state index in [-0.39, 0.29) is 25.3 Å². The molecule has 2 heterocycles. The Morgan fingerprint density at radius 3 is 2.38 bits per heavy atom. The van der Waals surface area contributed by atoms with Crippen molar-refractivity contribution in [1.82, 2.24) is 9.91 Å². The van der Waals surface area contributed by atoms with Gasteiger partial charge in [-0.15, -0.1) is 11.3 Å². The normalized spacial score (nSPS) is 15.1. The molecule has 1 aliphatic rings. The number of hydrogen-bond acceptors (Lipinski definition) is 7. The number of ether oxygens (including phenoxy) is 3. The third-order valence-corrected chi connectivity index (χ3v) is 7.32. The molecule has 1 atom stereocenters. The van der Waals surface area contributed by atoms with Crippen molar-refractivity contribution in [2.24, 2.45) is 5.10 Å². The van der Waals surface area contributed by atoms with Crippen LogP contribution in [0.4, 0.5) is 13.2 Å². The summed E-state index contributed by atoms with van der Waals surface area (Å²) in [6, 6.07) is 12.6. The molecule has 0 spiro atoms. The first-order valence-corrected chi connectivity index (χ1v) is 13.1. The highest BCUT2D eigenvalue weighted by Gasteiger charge is 2.36. The van der Waals surface area contributed by atoms with Crippen LogP contribution in [0.15, 0.2) is 65.1 Å². The maximum absolute atomic E-state index is 13.7. The predicted octanol–water partition coefficient (Wildman–Crippen LogP) is 5.25. The van der Waals surface area contributed by atoms with Crippen LogP contribution in [-0.2, 0) is 15.7 Å². The minimum atomic E-state index is -4.53. The standard InChI is InChI=1S/C28H28F3N3O5S/c1-37-13-12-33(27(36)18-6-9-20(10-7-18)28(29,30)31)17-26(35)34-22(16-21(32-34)25-5-4-14-40-25)19-8-11-23(38-2)24(15-19)39-3/h4-11,14-15,22H,12-13,16-17H2,1-3H3. The number of thiophene rings is 1. The third-order valence-electron chi connectivity index (χ3n) is 6.40. The van der Waals surface area contributed by atoms with E-state index >= 15 is 0 Å². The molecule has 1 aromatic heterocycles. The fraction of sp³-hybridized carbons (Fsp3) is 0.321. The fourth-order valence-corrected chi connectivity index (χ4v) is 5.05. The maximum Gasteiger partial charge on any atom is 0.416 e. The molecule has 1 unspecified atom stereocenters. The van der Waals surface area contributed by atoms with Gasteiger partial charge in [-0.1, -0.05) is 12.1 Å². The van der Waals surface area contributed by atoms with Gasteiger partial charge in [0.05, 0.1) is 43.0 Å². The SMILES string of the molecule is COCCN(CC(=O)N1N=C(c2cccs2)CC1c1ccc(OC)c(OC)c1)C(=O)c1ccc(C(F)(F)F)cc1. The van der Waals surface area contributed by atoms with Gasteiger partial charge in [-0.25, -0.2) is 5.01 Å². The summed E-state index contributed by atoms with van der Waals surface area (Å²) < 4.78 is 54.9. The van der Waals surface area contributed by atoms with Crippen molar-refractivity contribution in [3.8, 4) is 11.5 Å². The lowest BCUT2D eigenvalue weighted by Crippen LogP contribution is -2.42. The monoisotopic (exact) mass is 575 g/mol. The van der Waals surface area contributed by atoms with Crippen molar-refractivity contribution in [2.45, 2.75) is 18.6 Å². The van der Waals surface area contributed by atoms with Crippen LogP contribution in [0.2, 0.25) is 0 Å². The van der Waals surface area contributed by atoms with Gasteiger partial charge in [0.2, 0.25) is 0 Å². The van der Waals surface area contributed by atoms with Crippen LogP contribution in [0.3, 0.4) is 0 Å². The Bertz CT molecular complexity index is 1360. The number of alkyl halides is 3. The topological polar surface area (TPSA) is 80.7 Å². The summed E-state index contributed by atoms with van der Waals surface area (Å²) in [6.45, 7) is -0.171. The van der Waals surface area contributed by atoms with E-state index in [0.29, 0.717) is 17.9 Å². The second-order valence-corrected chi connectivity index (χ2v) is 9.84. The number of amides is 2. The summed E-state index contributed by atoms with van der Waals surface area (Å²) in [7, 11) is 4.50. The number of methoxy groups -OCH3 is 3. The Morgan fingerprint density at radius 2 is 1.77 bits per heavy atom. The molecule has 2 aromatic carbocycles. The average molecular weight is 576 g/mol. The summed E-state index contributed by atoms with van der Waals surface area (Å²) in [5, 5.41) is 7.91. The van der Waals surface area contributed by atoms with Gasteiger partial charge >= 0.3 is 6.18 Å². The highest BCUT2D eigenvalue weighted by atomic mass is 32.1. The highest BCUT2D eigenvalue weighted by Crippen LogP contribution is 2.38. The second-order valence-electron chi connectivity index (χ2n) is 8.89. The van der Waals surface area contributed by atoms with Crippen molar-refractivity contribution in [3.05, 3.63) is 81.5 Å². The van der Waals surface area contributed by atoms with Crippen LogP contribution < -0.4 is 9.47 Å². The van der Waals surface area contributed by atoms with Crippen molar-refractivity contribution in [3.63, 3.8) is 0 Å². The van der Waals surface area contributed by atoms with Crippen LogP contribution in [-0.4, -0.2) is 68.5 Å². The van der Waals surface area contributed by atoms with Crippen molar-refractivity contribution in [1.29, 1.82) is 0 Å². The van der Waals surface area contributed by atoms with Gasteiger partial charge in [-0.2, -0.15) is 18.3 Å². The molecule has 0 bridgehead atoms. The number of carbonyl (C=O) groups excluding carboxylic acids is 2. The summed E-state index contributed by atoms with van der Waals surface area (Å²) in [5.74, 6) is -0.0169. The van der Waals surface area contributed by atoms with Gasteiger partial charge in [0.25, 0.3) is 11.8 Å². The van der Waals surface area contributed by atoms with Crippen LogP contribution in [0.25, 0.3) is 0 Å². The molecule has 0 saturated carbocycles. The molecule has 212 valence electrons. The molecule has 0 N–H and O–H groups in total. The van der Waals surface area contributed by atoms with Crippen molar-refractivity contribution in [2.75, 3.05) is 41.0 Å². The Kier molecular flexibility index (Phi) is 9.10. The predicted molar refractivity (Wildman–Crippen MR) is 144 cm³/mol. The van der Waals surface area contributed by atoms with Gasteiger partial charge in [-0.05, 0) is 53.4 Å². The molecule has 12 heteroatoms. The molecule has 4 rings (SSSR count). The molecular weight excluding hydrogens is 547 g/mol. The van der Waals surface area contributed by atoms with E-state index in [4.69, 9.17) is 14.2 Å². The zero-order chi connectivity index (χ0) is 28.9. The Morgan fingerprint density at radius 1 is 1.05 bits per heavy atom. The number of carbonyl (C=O) groups is 2. The molecule has 0 fully saturated rings. The first-order chi connectivity index (χ1) is 19.2. The van der Waals surface area contributed by atoms with E-state index in [1.165, 1.54) is 42.6 Å². The Labute approximate surface area is 233 Å². The minimum absolute atomic E-state index is 0.0255. The summed E-state index contributed by atoms with van der Waals surface area (Å²) in [5.41, 5.74) is 0.644. The minimum Gasteiger partial charge on any atom is -0.493 e. The lowest BCUT2D eigenvalue weighted by molar-refractivity contribution is -0.137. The first-order valence-electron chi connectivity index (χ1n) is 12.3. The molecule has 40 heavy (non-hydrogen) atoms. The maximum atomic E-state index is 13.7. The number of rotatable bonds is 10. The Hall–Kier alpha value is -3.90. The summed E-state index contributed by atoms with van der Waals surface area (Å²) in [6.07, 6.45) is -4.09. The molecule has 1 aliphatic heterocycles. The first kappa shape index (κ1) is 29.1.